The minimum absolute atomic E-state index is 0.256. The molecule has 0 fully saturated rings. The van der Waals surface area contributed by atoms with Crippen molar-refractivity contribution in [2.75, 3.05) is 0 Å². The first-order valence-electron chi connectivity index (χ1n) is 8.42. The fourth-order valence-electron chi connectivity index (χ4n) is 3.73. The molecule has 0 radical (unpaired) electrons. The van der Waals surface area contributed by atoms with E-state index >= 15 is 0 Å². The fourth-order valence-corrected chi connectivity index (χ4v) is 3.86. The van der Waals surface area contributed by atoms with Crippen molar-refractivity contribution >= 4 is 23.4 Å². The summed E-state index contributed by atoms with van der Waals surface area (Å²) in [4.78, 5) is 24.1. The summed E-state index contributed by atoms with van der Waals surface area (Å²) in [5.74, 6) is -2.31. The van der Waals surface area contributed by atoms with E-state index < -0.39 is 11.8 Å². The summed E-state index contributed by atoms with van der Waals surface area (Å²) in [5.41, 5.74) is 4.66. The summed E-state index contributed by atoms with van der Waals surface area (Å²) in [7, 11) is 0. The van der Waals surface area contributed by atoms with Gasteiger partial charge in [-0.2, -0.15) is 0 Å². The van der Waals surface area contributed by atoms with Gasteiger partial charge in [0, 0.05) is 28.4 Å². The Bertz CT molecular complexity index is 1000. The highest BCUT2D eigenvalue weighted by Gasteiger charge is 2.33. The van der Waals surface area contributed by atoms with Gasteiger partial charge >= 0.3 is 5.97 Å². The zero-order valence-electron chi connectivity index (χ0n) is 13.9. The van der Waals surface area contributed by atoms with Crippen LogP contribution in [0.1, 0.15) is 22.6 Å². The molecule has 0 amide bonds. The van der Waals surface area contributed by atoms with Crippen molar-refractivity contribution < 1.29 is 14.7 Å². The number of carbonyl (C=O) groups excluding carboxylic acids is 1. The van der Waals surface area contributed by atoms with Crippen LogP contribution in [-0.2, 0) is 17.8 Å². The summed E-state index contributed by atoms with van der Waals surface area (Å²) in [5, 5.41) is 9.97. The fraction of sp³-hybridized carbons (Fsp3) is 0.143. The molecule has 4 rings (SSSR count). The Labute approximate surface area is 155 Å². The maximum atomic E-state index is 12.6. The van der Waals surface area contributed by atoms with E-state index in [0.29, 0.717) is 17.1 Å². The van der Waals surface area contributed by atoms with Gasteiger partial charge in [-0.3, -0.25) is 4.79 Å². The van der Waals surface area contributed by atoms with E-state index in [-0.39, 0.29) is 5.69 Å². The smallest absolute Gasteiger partial charge is 0.378 e. The van der Waals surface area contributed by atoms with Gasteiger partial charge in [0.15, 0.2) is 0 Å². The molecule has 0 saturated carbocycles. The number of carbonyl (C=O) groups is 2. The normalized spacial score (nSPS) is 12.8. The molecule has 0 unspecified atom stereocenters. The number of fused-ring (bicyclic) bond motifs is 1. The number of benzene rings is 2. The minimum Gasteiger partial charge on any atom is -0.475 e. The van der Waals surface area contributed by atoms with Gasteiger partial charge in [0.2, 0.25) is 0 Å². The van der Waals surface area contributed by atoms with Gasteiger partial charge in [0.1, 0.15) is 5.69 Å². The van der Waals surface area contributed by atoms with Crippen LogP contribution in [-0.4, -0.2) is 21.4 Å². The molecule has 0 aliphatic carbocycles. The highest BCUT2D eigenvalue weighted by Crippen LogP contribution is 2.43. The topological polar surface area (TPSA) is 59.3 Å². The van der Waals surface area contributed by atoms with Crippen LogP contribution in [0, 0.1) is 0 Å². The third-order valence-electron chi connectivity index (χ3n) is 4.77. The molecule has 26 heavy (non-hydrogen) atoms. The summed E-state index contributed by atoms with van der Waals surface area (Å²) >= 11 is 6.02. The maximum absolute atomic E-state index is 12.6. The lowest BCUT2D eigenvalue weighted by molar-refractivity contribution is -0.131. The third-order valence-corrected chi connectivity index (χ3v) is 5.02. The van der Waals surface area contributed by atoms with E-state index in [1.807, 2.05) is 47.0 Å². The number of hydrogen-bond acceptors (Lipinski definition) is 2. The van der Waals surface area contributed by atoms with Crippen LogP contribution in [0.5, 0.6) is 0 Å². The number of carboxylic acid groups (broad SMARTS) is 1. The molecule has 0 atom stereocenters. The predicted molar refractivity (Wildman–Crippen MR) is 101 cm³/mol. The van der Waals surface area contributed by atoms with E-state index in [1.165, 1.54) is 0 Å². The molecule has 130 valence electrons. The molecule has 0 spiro atoms. The molecule has 2 aromatic carbocycles. The van der Waals surface area contributed by atoms with Crippen LogP contribution < -0.4 is 0 Å². The molecule has 2 heterocycles. The second-order valence-electron chi connectivity index (χ2n) is 6.31. The quantitative estimate of drug-likeness (QED) is 0.539. The number of carboxylic acids is 1. The molecular formula is C21H16ClNO3. The van der Waals surface area contributed by atoms with Gasteiger partial charge in [0.05, 0.1) is 0 Å². The van der Waals surface area contributed by atoms with Gasteiger partial charge in [0.25, 0.3) is 5.78 Å². The number of aromatic nitrogens is 1. The number of ketones is 1. The Morgan fingerprint density at radius 1 is 0.923 bits per heavy atom. The average molecular weight is 366 g/mol. The van der Waals surface area contributed by atoms with Crippen LogP contribution in [0.3, 0.4) is 0 Å². The molecule has 1 aliphatic rings. The number of rotatable bonds is 4. The second-order valence-corrected chi connectivity index (χ2v) is 6.74. The molecule has 1 N–H and O–H groups in total. The zero-order chi connectivity index (χ0) is 18.3. The van der Waals surface area contributed by atoms with Crippen LogP contribution >= 0.6 is 11.6 Å². The number of aliphatic carboxylic acids is 1. The number of hydrogen-bond donors (Lipinski definition) is 1. The molecule has 1 aliphatic heterocycles. The zero-order valence-corrected chi connectivity index (χ0v) is 14.7. The lowest BCUT2D eigenvalue weighted by atomic mass is 9.93. The van der Waals surface area contributed by atoms with Crippen LogP contribution in [0.2, 0.25) is 5.02 Å². The van der Waals surface area contributed by atoms with Crippen LogP contribution in [0.4, 0.5) is 0 Å². The lowest BCUT2D eigenvalue weighted by Crippen LogP contribution is -2.18. The number of nitrogens with zero attached hydrogens (tertiary/aromatic N) is 1. The van der Waals surface area contributed by atoms with E-state index in [1.54, 1.807) is 12.1 Å². The third kappa shape index (κ3) is 2.63. The minimum atomic E-state index is -1.44. The van der Waals surface area contributed by atoms with E-state index in [2.05, 4.69) is 0 Å². The van der Waals surface area contributed by atoms with Crippen molar-refractivity contribution in [1.29, 1.82) is 0 Å². The van der Waals surface area contributed by atoms with E-state index in [0.717, 1.165) is 35.2 Å². The molecule has 0 saturated heterocycles. The second kappa shape index (κ2) is 6.46. The SMILES string of the molecule is O=C(O)C(=O)c1c(-c2ccc(Cl)cc2)c(-c2ccccc2)c2n1CCC2. The van der Waals surface area contributed by atoms with Crippen molar-refractivity contribution in [2.45, 2.75) is 19.4 Å². The van der Waals surface area contributed by atoms with E-state index in [4.69, 9.17) is 11.6 Å². The average Bonchev–Trinajstić information content (AvgIpc) is 3.22. The van der Waals surface area contributed by atoms with Crippen LogP contribution in [0.25, 0.3) is 22.3 Å². The van der Waals surface area contributed by atoms with Gasteiger partial charge in [-0.15, -0.1) is 0 Å². The summed E-state index contributed by atoms with van der Waals surface area (Å²) < 4.78 is 1.88. The number of Topliss-reactive ketones (excluding diaryl/α,β-unsaturated/α-hetero) is 1. The Kier molecular flexibility index (Phi) is 4.13. The number of halogens is 1. The first kappa shape index (κ1) is 16.6. The summed E-state index contributed by atoms with van der Waals surface area (Å²) in [6.07, 6.45) is 1.72. The Morgan fingerprint density at radius 3 is 2.23 bits per heavy atom. The van der Waals surface area contributed by atoms with Gasteiger partial charge in [-0.1, -0.05) is 54.1 Å². The first-order valence-corrected chi connectivity index (χ1v) is 8.80. The monoisotopic (exact) mass is 365 g/mol. The standard InChI is InChI=1S/C21H16ClNO3/c22-15-10-8-14(9-11-15)18-17(13-5-2-1-3-6-13)16-7-4-12-23(16)19(18)20(24)21(25)26/h1-3,5-6,8-11H,4,7,12H2,(H,25,26). The van der Waals surface area contributed by atoms with Crippen molar-refractivity contribution in [1.82, 2.24) is 4.57 Å². The molecule has 5 heteroatoms. The molecule has 4 nitrogen and oxygen atoms in total. The van der Waals surface area contributed by atoms with Crippen molar-refractivity contribution in [3.05, 3.63) is 71.0 Å². The van der Waals surface area contributed by atoms with Crippen molar-refractivity contribution in [3.63, 3.8) is 0 Å². The van der Waals surface area contributed by atoms with E-state index in [9.17, 15) is 14.7 Å². The first-order chi connectivity index (χ1) is 12.6. The highest BCUT2D eigenvalue weighted by molar-refractivity contribution is 6.41. The lowest BCUT2D eigenvalue weighted by Gasteiger charge is -2.09. The largest absolute Gasteiger partial charge is 0.475 e. The van der Waals surface area contributed by atoms with Gasteiger partial charge < -0.3 is 9.67 Å². The predicted octanol–water partition coefficient (Wildman–Crippen LogP) is 4.69. The van der Waals surface area contributed by atoms with Crippen molar-refractivity contribution in [3.8, 4) is 22.3 Å². The molecule has 1 aromatic heterocycles. The van der Waals surface area contributed by atoms with Crippen LogP contribution in [0.15, 0.2) is 54.6 Å². The molecule has 0 bridgehead atoms. The van der Waals surface area contributed by atoms with Gasteiger partial charge in [-0.05, 0) is 36.1 Å². The Hall–Kier alpha value is -2.85. The summed E-state index contributed by atoms with van der Waals surface area (Å²) in [6, 6.07) is 17.0. The van der Waals surface area contributed by atoms with Gasteiger partial charge in [-0.25, -0.2) is 4.79 Å². The van der Waals surface area contributed by atoms with Crippen molar-refractivity contribution in [2.24, 2.45) is 0 Å². The summed E-state index contributed by atoms with van der Waals surface area (Å²) in [6.45, 7) is 0.650. The Morgan fingerprint density at radius 2 is 1.58 bits per heavy atom. The molecular weight excluding hydrogens is 350 g/mol. The Balaban J connectivity index is 2.08. The highest BCUT2D eigenvalue weighted by atomic mass is 35.5. The maximum Gasteiger partial charge on any atom is 0.378 e. The molecule has 3 aromatic rings.